The second-order valence-electron chi connectivity index (χ2n) is 6.46. The molecule has 0 saturated heterocycles. The fourth-order valence-electron chi connectivity index (χ4n) is 3.04. The maximum atomic E-state index is 12.4. The fraction of sp³-hybridized carbons (Fsp3) is 0.136. The molecule has 1 N–H and O–H groups in total. The highest BCUT2D eigenvalue weighted by molar-refractivity contribution is 8.00. The van der Waals surface area contributed by atoms with Gasteiger partial charge in [-0.3, -0.25) is 9.59 Å². The zero-order valence-electron chi connectivity index (χ0n) is 15.2. The Morgan fingerprint density at radius 1 is 1.00 bits per heavy atom. The summed E-state index contributed by atoms with van der Waals surface area (Å²) in [6.45, 7) is 0.954. The number of pyridine rings is 1. The molecule has 0 spiro atoms. The second kappa shape index (κ2) is 8.27. The van der Waals surface area contributed by atoms with E-state index in [4.69, 9.17) is 0 Å². The van der Waals surface area contributed by atoms with E-state index in [0.717, 1.165) is 21.8 Å². The number of carbonyl (C=O) groups is 2. The highest BCUT2D eigenvalue weighted by atomic mass is 32.2. The number of amides is 2. The minimum Gasteiger partial charge on any atom is -0.348 e. The summed E-state index contributed by atoms with van der Waals surface area (Å²) in [6.07, 6.45) is 1.74. The van der Waals surface area contributed by atoms with Crippen molar-refractivity contribution in [3.63, 3.8) is 0 Å². The van der Waals surface area contributed by atoms with E-state index in [-0.39, 0.29) is 11.8 Å². The van der Waals surface area contributed by atoms with Crippen molar-refractivity contribution >= 4 is 29.3 Å². The molecule has 2 aromatic carbocycles. The lowest BCUT2D eigenvalue weighted by Crippen LogP contribution is -2.35. The summed E-state index contributed by atoms with van der Waals surface area (Å²) in [7, 11) is 0. The molecule has 0 aliphatic carbocycles. The highest BCUT2D eigenvalue weighted by Crippen LogP contribution is 2.33. The number of hydrogen-bond donors (Lipinski definition) is 1. The Morgan fingerprint density at radius 2 is 1.79 bits per heavy atom. The minimum atomic E-state index is -0.115. The van der Waals surface area contributed by atoms with Gasteiger partial charge in [0.1, 0.15) is 5.03 Å². The number of hydrogen-bond acceptors (Lipinski definition) is 4. The third kappa shape index (κ3) is 4.07. The molecule has 0 unspecified atom stereocenters. The van der Waals surface area contributed by atoms with Crippen LogP contribution in [0.4, 0.5) is 5.69 Å². The minimum absolute atomic E-state index is 0.0650. The Morgan fingerprint density at radius 3 is 2.57 bits per heavy atom. The summed E-state index contributed by atoms with van der Waals surface area (Å²) >= 11 is 1.47. The van der Waals surface area contributed by atoms with Gasteiger partial charge in [-0.2, -0.15) is 0 Å². The van der Waals surface area contributed by atoms with Crippen LogP contribution in [0.5, 0.6) is 0 Å². The van der Waals surface area contributed by atoms with Crippen molar-refractivity contribution in [3.8, 4) is 0 Å². The van der Waals surface area contributed by atoms with Crippen molar-refractivity contribution in [2.75, 3.05) is 10.7 Å². The predicted molar refractivity (Wildman–Crippen MR) is 110 cm³/mol. The van der Waals surface area contributed by atoms with E-state index in [9.17, 15) is 9.59 Å². The molecule has 0 bridgehead atoms. The molecule has 1 aliphatic heterocycles. The summed E-state index contributed by atoms with van der Waals surface area (Å²) in [4.78, 5) is 30.8. The summed E-state index contributed by atoms with van der Waals surface area (Å²) in [5, 5.41) is 3.80. The van der Waals surface area contributed by atoms with Crippen LogP contribution in [-0.4, -0.2) is 22.6 Å². The number of rotatable bonds is 5. The van der Waals surface area contributed by atoms with E-state index >= 15 is 0 Å². The van der Waals surface area contributed by atoms with Crippen LogP contribution in [0.3, 0.4) is 0 Å². The van der Waals surface area contributed by atoms with Gasteiger partial charge in [-0.15, -0.1) is 0 Å². The summed E-state index contributed by atoms with van der Waals surface area (Å²) in [6, 6.07) is 20.9. The number of thioether (sulfide) groups is 1. The number of benzene rings is 2. The lowest BCUT2D eigenvalue weighted by molar-refractivity contribution is -0.116. The Balaban J connectivity index is 1.42. The second-order valence-corrected chi connectivity index (χ2v) is 7.43. The number of nitrogens with zero attached hydrogens (tertiary/aromatic N) is 2. The first-order valence-corrected chi connectivity index (χ1v) is 9.98. The van der Waals surface area contributed by atoms with Crippen LogP contribution in [0, 0.1) is 0 Å². The Labute approximate surface area is 167 Å². The van der Waals surface area contributed by atoms with Gasteiger partial charge >= 0.3 is 0 Å². The van der Waals surface area contributed by atoms with Gasteiger partial charge in [0.05, 0.1) is 18.0 Å². The van der Waals surface area contributed by atoms with Gasteiger partial charge < -0.3 is 10.2 Å². The SMILES string of the molecule is O=C(NCc1ccccc1)c1ccc(CN2C(=O)CSc3ncccc32)cc1. The van der Waals surface area contributed by atoms with Crippen LogP contribution in [0.15, 0.2) is 78.0 Å². The zero-order valence-corrected chi connectivity index (χ0v) is 16.0. The lowest BCUT2D eigenvalue weighted by atomic mass is 10.1. The third-order valence-electron chi connectivity index (χ3n) is 4.53. The molecule has 3 aromatic rings. The lowest BCUT2D eigenvalue weighted by Gasteiger charge is -2.28. The zero-order chi connectivity index (χ0) is 19.3. The van der Waals surface area contributed by atoms with E-state index < -0.39 is 0 Å². The average Bonchev–Trinajstić information content (AvgIpc) is 2.75. The van der Waals surface area contributed by atoms with Crippen molar-refractivity contribution in [1.29, 1.82) is 0 Å². The van der Waals surface area contributed by atoms with Crippen LogP contribution < -0.4 is 10.2 Å². The monoisotopic (exact) mass is 389 g/mol. The summed E-state index contributed by atoms with van der Waals surface area (Å²) in [5.41, 5.74) is 3.46. The molecule has 0 radical (unpaired) electrons. The number of nitrogens with one attached hydrogen (secondary N) is 1. The first-order valence-electron chi connectivity index (χ1n) is 9.00. The maximum Gasteiger partial charge on any atom is 0.251 e. The largest absolute Gasteiger partial charge is 0.348 e. The first-order chi connectivity index (χ1) is 13.7. The van der Waals surface area contributed by atoms with Gasteiger partial charge in [-0.25, -0.2) is 4.98 Å². The van der Waals surface area contributed by atoms with Gasteiger partial charge in [0.25, 0.3) is 5.91 Å². The van der Waals surface area contributed by atoms with Gasteiger partial charge in [0.2, 0.25) is 5.91 Å². The van der Waals surface area contributed by atoms with Crippen LogP contribution >= 0.6 is 11.8 Å². The molecule has 2 amide bonds. The highest BCUT2D eigenvalue weighted by Gasteiger charge is 2.25. The normalized spacial score (nSPS) is 13.1. The standard InChI is InChI=1S/C22H19N3O2S/c26-20-15-28-22-19(7-4-12-23-22)25(20)14-17-8-10-18(11-9-17)21(27)24-13-16-5-2-1-3-6-16/h1-12H,13-15H2,(H,24,27). The smallest absolute Gasteiger partial charge is 0.251 e. The van der Waals surface area contributed by atoms with E-state index in [2.05, 4.69) is 10.3 Å². The van der Waals surface area contributed by atoms with Gasteiger partial charge in [0.15, 0.2) is 0 Å². The quantitative estimate of drug-likeness (QED) is 0.724. The first kappa shape index (κ1) is 18.3. The molecular weight excluding hydrogens is 370 g/mol. The Kier molecular flexibility index (Phi) is 5.39. The molecule has 2 heterocycles. The molecule has 0 atom stereocenters. The molecule has 0 saturated carbocycles. The van der Waals surface area contributed by atoms with E-state index in [1.165, 1.54) is 11.8 Å². The van der Waals surface area contributed by atoms with Crippen molar-refractivity contribution in [3.05, 3.63) is 89.6 Å². The number of anilines is 1. The number of aromatic nitrogens is 1. The third-order valence-corrected chi connectivity index (χ3v) is 5.51. The van der Waals surface area contributed by atoms with Crippen molar-refractivity contribution in [2.24, 2.45) is 0 Å². The van der Waals surface area contributed by atoms with Gasteiger partial charge in [0, 0.05) is 18.3 Å². The molecule has 1 aromatic heterocycles. The van der Waals surface area contributed by atoms with Crippen LogP contribution in [0.2, 0.25) is 0 Å². The number of carbonyl (C=O) groups excluding carboxylic acids is 2. The molecule has 6 heteroatoms. The average molecular weight is 389 g/mol. The fourth-order valence-corrected chi connectivity index (χ4v) is 3.92. The molecule has 5 nitrogen and oxygen atoms in total. The molecule has 4 rings (SSSR count). The van der Waals surface area contributed by atoms with E-state index in [1.54, 1.807) is 23.2 Å². The Hall–Kier alpha value is -3.12. The van der Waals surface area contributed by atoms with E-state index in [1.807, 2.05) is 54.6 Å². The molecule has 140 valence electrons. The van der Waals surface area contributed by atoms with Gasteiger partial charge in [-0.05, 0) is 35.4 Å². The van der Waals surface area contributed by atoms with Crippen LogP contribution in [-0.2, 0) is 17.9 Å². The van der Waals surface area contributed by atoms with Crippen molar-refractivity contribution in [2.45, 2.75) is 18.1 Å². The van der Waals surface area contributed by atoms with Crippen LogP contribution in [0.1, 0.15) is 21.5 Å². The topological polar surface area (TPSA) is 62.3 Å². The summed E-state index contributed by atoms with van der Waals surface area (Å²) < 4.78 is 0. The predicted octanol–water partition coefficient (Wildman–Crippen LogP) is 3.65. The van der Waals surface area contributed by atoms with Gasteiger partial charge in [-0.1, -0.05) is 54.2 Å². The van der Waals surface area contributed by atoms with E-state index in [0.29, 0.717) is 24.4 Å². The molecule has 0 fully saturated rings. The molecular formula is C22H19N3O2S. The van der Waals surface area contributed by atoms with Crippen molar-refractivity contribution in [1.82, 2.24) is 10.3 Å². The van der Waals surface area contributed by atoms with Crippen molar-refractivity contribution < 1.29 is 9.59 Å². The molecule has 28 heavy (non-hydrogen) atoms. The summed E-state index contributed by atoms with van der Waals surface area (Å²) in [5.74, 6) is 0.342. The van der Waals surface area contributed by atoms with Crippen LogP contribution in [0.25, 0.3) is 0 Å². The number of fused-ring (bicyclic) bond motifs is 1. The molecule has 1 aliphatic rings. The Bertz CT molecular complexity index is 990. The maximum absolute atomic E-state index is 12.4.